The van der Waals surface area contributed by atoms with Gasteiger partial charge in [-0.3, -0.25) is 4.79 Å². The number of nitrogens with zero attached hydrogens (tertiary/aromatic N) is 1. The largest absolute Gasteiger partial charge is 0.337 e. The van der Waals surface area contributed by atoms with Crippen LogP contribution in [-0.4, -0.2) is 17.4 Å². The Hall–Kier alpha value is -0.530. The van der Waals surface area contributed by atoms with Crippen molar-refractivity contribution in [2.75, 3.05) is 6.54 Å². The normalized spacial score (nSPS) is 25.1. The molecule has 2 fully saturated rings. The first-order valence-corrected chi connectivity index (χ1v) is 5.52. The second-order valence-electron chi connectivity index (χ2n) is 4.19. The van der Waals surface area contributed by atoms with Gasteiger partial charge in [-0.15, -0.1) is 0 Å². The van der Waals surface area contributed by atoms with Crippen LogP contribution in [0.3, 0.4) is 0 Å². The molecule has 2 aliphatic rings. The highest BCUT2D eigenvalue weighted by molar-refractivity contribution is 5.79. The number of hydrogen-bond acceptors (Lipinski definition) is 1. The Morgan fingerprint density at radius 2 is 1.92 bits per heavy atom. The second-order valence-corrected chi connectivity index (χ2v) is 4.19. The van der Waals surface area contributed by atoms with Gasteiger partial charge in [-0.05, 0) is 25.7 Å². The van der Waals surface area contributed by atoms with Crippen LogP contribution < -0.4 is 0 Å². The Morgan fingerprint density at radius 1 is 1.15 bits per heavy atom. The molecule has 1 saturated heterocycles. The minimum absolute atomic E-state index is 0.350. The van der Waals surface area contributed by atoms with Crippen molar-refractivity contribution in [2.45, 2.75) is 44.9 Å². The van der Waals surface area contributed by atoms with Crippen molar-refractivity contribution in [2.24, 2.45) is 5.92 Å². The van der Waals surface area contributed by atoms with Gasteiger partial charge >= 0.3 is 0 Å². The van der Waals surface area contributed by atoms with Crippen molar-refractivity contribution in [3.8, 4) is 0 Å². The molecule has 0 spiro atoms. The van der Waals surface area contributed by atoms with E-state index >= 15 is 0 Å². The van der Waals surface area contributed by atoms with Crippen LogP contribution in [0.25, 0.3) is 0 Å². The smallest absolute Gasteiger partial charge is 0.226 e. The number of carbonyl (C=O) groups is 1. The monoisotopic (exact) mass is 180 g/mol. The molecule has 0 aromatic rings. The molecule has 0 N–H and O–H groups in total. The van der Waals surface area contributed by atoms with E-state index in [1.54, 1.807) is 0 Å². The summed E-state index contributed by atoms with van der Waals surface area (Å²) in [6.07, 6.45) is 8.35. The Balaban J connectivity index is 1.87. The van der Waals surface area contributed by atoms with Crippen LogP contribution in [0.2, 0.25) is 0 Å². The first kappa shape index (κ1) is 9.04. The summed E-state index contributed by atoms with van der Waals surface area (Å²) in [6.45, 7) is 3.05. The lowest BCUT2D eigenvalue weighted by atomic mass is 9.88. The van der Waals surface area contributed by atoms with Crippen molar-refractivity contribution in [1.82, 2.24) is 4.90 Å². The third kappa shape index (κ3) is 2.04. The Bertz CT molecular complexity index is 179. The fourth-order valence-corrected chi connectivity index (χ4v) is 2.38. The molecule has 1 heterocycles. The molecule has 2 rings (SSSR count). The molecule has 1 radical (unpaired) electrons. The molecule has 1 amide bonds. The molecule has 0 aromatic carbocycles. The fraction of sp³-hybridized carbons (Fsp3) is 0.818. The molecule has 1 saturated carbocycles. The molecule has 0 aromatic heterocycles. The van der Waals surface area contributed by atoms with Gasteiger partial charge in [-0.1, -0.05) is 19.3 Å². The molecular weight excluding hydrogens is 162 g/mol. The minimum Gasteiger partial charge on any atom is -0.337 e. The number of hydrogen-bond donors (Lipinski definition) is 0. The van der Waals surface area contributed by atoms with Crippen molar-refractivity contribution >= 4 is 5.91 Å². The van der Waals surface area contributed by atoms with Crippen LogP contribution >= 0.6 is 0 Å². The maximum Gasteiger partial charge on any atom is 0.226 e. The summed E-state index contributed by atoms with van der Waals surface area (Å²) in [6, 6.07) is 0. The number of likely N-dealkylation sites (tertiary alicyclic amines) is 1. The zero-order valence-corrected chi connectivity index (χ0v) is 8.17. The summed E-state index contributed by atoms with van der Waals surface area (Å²) in [5.41, 5.74) is 0. The van der Waals surface area contributed by atoms with Crippen LogP contribution in [0.4, 0.5) is 0 Å². The van der Waals surface area contributed by atoms with Gasteiger partial charge in [0.05, 0.1) is 6.54 Å². The van der Waals surface area contributed by atoms with Gasteiger partial charge < -0.3 is 4.90 Å². The van der Waals surface area contributed by atoms with E-state index in [4.69, 9.17) is 0 Å². The van der Waals surface area contributed by atoms with Crippen molar-refractivity contribution in [1.29, 1.82) is 0 Å². The zero-order chi connectivity index (χ0) is 9.10. The van der Waals surface area contributed by atoms with Gasteiger partial charge in [0.2, 0.25) is 5.91 Å². The molecule has 0 atom stereocenters. The van der Waals surface area contributed by atoms with Gasteiger partial charge in [0, 0.05) is 12.5 Å². The molecule has 73 valence electrons. The summed E-state index contributed by atoms with van der Waals surface area (Å²) in [7, 11) is 0. The molecule has 0 bridgehead atoms. The topological polar surface area (TPSA) is 20.3 Å². The first-order chi connectivity index (χ1) is 6.38. The zero-order valence-electron chi connectivity index (χ0n) is 8.17. The van der Waals surface area contributed by atoms with Gasteiger partial charge in [-0.25, -0.2) is 0 Å². The number of carbonyl (C=O) groups excluding carboxylic acids is 1. The molecule has 2 heteroatoms. The lowest BCUT2D eigenvalue weighted by Crippen LogP contribution is -2.32. The molecule has 13 heavy (non-hydrogen) atoms. The highest BCUT2D eigenvalue weighted by Crippen LogP contribution is 2.27. The standard InChI is InChI=1S/C11H18NO/c13-11(12-8-4-5-9-12)10-6-2-1-3-7-10/h8,10H,1-7,9H2. The summed E-state index contributed by atoms with van der Waals surface area (Å²) in [5, 5.41) is 0. The summed E-state index contributed by atoms with van der Waals surface area (Å²) in [5.74, 6) is 0.750. The lowest BCUT2D eigenvalue weighted by Gasteiger charge is -2.25. The van der Waals surface area contributed by atoms with Gasteiger partial charge in [0.25, 0.3) is 0 Å². The van der Waals surface area contributed by atoms with Crippen LogP contribution in [-0.2, 0) is 4.79 Å². The summed E-state index contributed by atoms with van der Waals surface area (Å²) < 4.78 is 0. The predicted octanol–water partition coefficient (Wildman–Crippen LogP) is 2.35. The summed E-state index contributed by atoms with van der Waals surface area (Å²) >= 11 is 0. The molecule has 0 unspecified atom stereocenters. The minimum atomic E-state index is 0.350. The van der Waals surface area contributed by atoms with Crippen molar-refractivity contribution in [3.63, 3.8) is 0 Å². The van der Waals surface area contributed by atoms with E-state index < -0.39 is 0 Å². The maximum atomic E-state index is 11.9. The van der Waals surface area contributed by atoms with E-state index in [9.17, 15) is 4.79 Å². The Kier molecular flexibility index (Phi) is 2.87. The van der Waals surface area contributed by atoms with E-state index in [-0.39, 0.29) is 0 Å². The first-order valence-electron chi connectivity index (χ1n) is 5.52. The second kappa shape index (κ2) is 4.12. The van der Waals surface area contributed by atoms with Gasteiger partial charge in [-0.2, -0.15) is 0 Å². The molecule has 1 aliphatic carbocycles. The maximum absolute atomic E-state index is 11.9. The Morgan fingerprint density at radius 3 is 2.54 bits per heavy atom. The lowest BCUT2D eigenvalue weighted by molar-refractivity contribution is -0.134. The van der Waals surface area contributed by atoms with E-state index in [2.05, 4.69) is 6.54 Å². The molecule has 1 aliphatic heterocycles. The SMILES string of the molecule is O=C(C1CCCCC1)N1[CH]CCC1. The highest BCUT2D eigenvalue weighted by atomic mass is 16.2. The molecular formula is C11H18NO. The van der Waals surface area contributed by atoms with Crippen LogP contribution in [0, 0.1) is 12.5 Å². The average molecular weight is 180 g/mol. The third-order valence-corrected chi connectivity index (χ3v) is 3.19. The highest BCUT2D eigenvalue weighted by Gasteiger charge is 2.27. The van der Waals surface area contributed by atoms with Gasteiger partial charge in [0.1, 0.15) is 0 Å². The van der Waals surface area contributed by atoms with Crippen LogP contribution in [0.1, 0.15) is 44.9 Å². The van der Waals surface area contributed by atoms with E-state index in [0.29, 0.717) is 11.8 Å². The van der Waals surface area contributed by atoms with Crippen LogP contribution in [0.15, 0.2) is 0 Å². The van der Waals surface area contributed by atoms with Crippen molar-refractivity contribution in [3.05, 3.63) is 6.54 Å². The molecule has 2 nitrogen and oxygen atoms in total. The van der Waals surface area contributed by atoms with Crippen molar-refractivity contribution < 1.29 is 4.79 Å². The predicted molar refractivity (Wildman–Crippen MR) is 51.8 cm³/mol. The number of rotatable bonds is 1. The fourth-order valence-electron chi connectivity index (χ4n) is 2.38. The van der Waals surface area contributed by atoms with Crippen LogP contribution in [0.5, 0.6) is 0 Å². The van der Waals surface area contributed by atoms with Gasteiger partial charge in [0.15, 0.2) is 0 Å². The van der Waals surface area contributed by atoms with E-state index in [1.165, 1.54) is 25.7 Å². The quantitative estimate of drug-likeness (QED) is 0.606. The summed E-state index contributed by atoms with van der Waals surface area (Å²) in [4.78, 5) is 13.8. The van der Waals surface area contributed by atoms with E-state index in [0.717, 1.165) is 25.8 Å². The average Bonchev–Trinajstić information content (AvgIpc) is 2.71. The number of amides is 1. The Labute approximate surface area is 80.3 Å². The van der Waals surface area contributed by atoms with E-state index in [1.807, 2.05) is 4.90 Å². The third-order valence-electron chi connectivity index (χ3n) is 3.19.